The van der Waals surface area contributed by atoms with E-state index in [0.717, 1.165) is 6.07 Å². The molecule has 0 aliphatic carbocycles. The minimum absolute atomic E-state index is 0.202. The molecule has 7 heteroatoms. The molecule has 0 fully saturated rings. The summed E-state index contributed by atoms with van der Waals surface area (Å²) in [5, 5.41) is 0. The van der Waals surface area contributed by atoms with Crippen LogP contribution in [0.5, 0.6) is 11.8 Å². The van der Waals surface area contributed by atoms with Crippen molar-refractivity contribution in [2.24, 2.45) is 0 Å². The molecule has 0 N–H and O–H groups in total. The lowest BCUT2D eigenvalue weighted by atomic mass is 10.1. The number of methoxy groups -OCH3 is 1. The first-order chi connectivity index (χ1) is 9.58. The third-order valence-electron chi connectivity index (χ3n) is 2.47. The average molecular weight is 284 g/mol. The second-order valence-corrected chi connectivity index (χ2v) is 3.85. The normalized spacial score (nSPS) is 10.7. The lowest BCUT2D eigenvalue weighted by Gasteiger charge is -2.08. The van der Waals surface area contributed by atoms with E-state index in [0.29, 0.717) is 17.7 Å². The average Bonchev–Trinajstić information content (AvgIpc) is 2.42. The maximum atomic E-state index is 13.3. The van der Waals surface area contributed by atoms with Crippen LogP contribution in [-0.2, 0) is 6.42 Å². The van der Waals surface area contributed by atoms with Gasteiger partial charge >= 0.3 is 12.6 Å². The van der Waals surface area contributed by atoms with E-state index in [-0.39, 0.29) is 6.01 Å². The zero-order valence-electron chi connectivity index (χ0n) is 10.5. The molecule has 0 bridgehead atoms. The first-order valence-corrected chi connectivity index (χ1v) is 5.67. The standard InChI is InChI=1S/C13H11F3N2O2/c1-19-13-17-5-4-9(18-13)6-8-2-3-10(14)11(7-8)20-12(15)16/h2-5,7,12H,6H2,1H3. The number of nitrogens with zero attached hydrogens (tertiary/aromatic N) is 2. The molecule has 20 heavy (non-hydrogen) atoms. The van der Waals surface area contributed by atoms with Crippen LogP contribution >= 0.6 is 0 Å². The van der Waals surface area contributed by atoms with E-state index >= 15 is 0 Å². The Bertz CT molecular complexity index is 594. The van der Waals surface area contributed by atoms with Crippen molar-refractivity contribution in [3.63, 3.8) is 0 Å². The monoisotopic (exact) mass is 284 g/mol. The molecule has 106 valence electrons. The fourth-order valence-corrected chi connectivity index (χ4v) is 1.63. The van der Waals surface area contributed by atoms with E-state index < -0.39 is 18.2 Å². The molecular weight excluding hydrogens is 273 g/mol. The van der Waals surface area contributed by atoms with Crippen LogP contribution in [0.4, 0.5) is 13.2 Å². The second-order valence-electron chi connectivity index (χ2n) is 3.85. The second kappa shape index (κ2) is 6.23. The fraction of sp³-hybridized carbons (Fsp3) is 0.231. The van der Waals surface area contributed by atoms with Gasteiger partial charge in [-0.3, -0.25) is 0 Å². The predicted octanol–water partition coefficient (Wildman–Crippen LogP) is 2.82. The Morgan fingerprint density at radius 2 is 2.05 bits per heavy atom. The van der Waals surface area contributed by atoms with Crippen molar-refractivity contribution in [3.05, 3.63) is 47.5 Å². The van der Waals surface area contributed by atoms with E-state index in [4.69, 9.17) is 4.74 Å². The molecule has 0 saturated carbocycles. The van der Waals surface area contributed by atoms with Gasteiger partial charge in [-0.1, -0.05) is 6.07 Å². The molecule has 2 rings (SSSR count). The number of hydrogen-bond acceptors (Lipinski definition) is 4. The highest BCUT2D eigenvalue weighted by Crippen LogP contribution is 2.22. The quantitative estimate of drug-likeness (QED) is 0.847. The van der Waals surface area contributed by atoms with E-state index in [1.165, 1.54) is 25.4 Å². The highest BCUT2D eigenvalue weighted by molar-refractivity contribution is 5.32. The molecule has 1 aromatic carbocycles. The van der Waals surface area contributed by atoms with Gasteiger partial charge in [0.15, 0.2) is 11.6 Å². The molecule has 0 unspecified atom stereocenters. The van der Waals surface area contributed by atoms with Crippen molar-refractivity contribution in [2.45, 2.75) is 13.0 Å². The molecule has 0 spiro atoms. The molecule has 0 amide bonds. The van der Waals surface area contributed by atoms with Crippen LogP contribution in [0, 0.1) is 5.82 Å². The van der Waals surface area contributed by atoms with Gasteiger partial charge in [-0.05, 0) is 23.8 Å². The van der Waals surface area contributed by atoms with Gasteiger partial charge in [0.25, 0.3) is 0 Å². The van der Waals surface area contributed by atoms with Gasteiger partial charge in [0, 0.05) is 12.6 Å². The number of aromatic nitrogens is 2. The maximum Gasteiger partial charge on any atom is 0.387 e. The lowest BCUT2D eigenvalue weighted by molar-refractivity contribution is -0.0522. The Morgan fingerprint density at radius 3 is 2.75 bits per heavy atom. The summed E-state index contributed by atoms with van der Waals surface area (Å²) in [4.78, 5) is 7.94. The van der Waals surface area contributed by atoms with Crippen molar-refractivity contribution in [2.75, 3.05) is 7.11 Å². The third-order valence-corrected chi connectivity index (χ3v) is 2.47. The molecule has 1 aromatic heterocycles. The van der Waals surface area contributed by atoms with E-state index in [1.807, 2.05) is 0 Å². The molecule has 4 nitrogen and oxygen atoms in total. The number of alkyl halides is 2. The molecule has 0 radical (unpaired) electrons. The summed E-state index contributed by atoms with van der Waals surface area (Å²) in [5.41, 5.74) is 1.20. The van der Waals surface area contributed by atoms with E-state index in [9.17, 15) is 13.2 Å². The molecular formula is C13H11F3N2O2. The summed E-state index contributed by atoms with van der Waals surface area (Å²) in [7, 11) is 1.44. The Labute approximate surface area is 113 Å². The SMILES string of the molecule is COc1nccc(Cc2ccc(F)c(OC(F)F)c2)n1. The minimum atomic E-state index is -3.07. The summed E-state index contributed by atoms with van der Waals surface area (Å²) in [6.45, 7) is -3.07. The summed E-state index contributed by atoms with van der Waals surface area (Å²) < 4.78 is 46.5. The molecule has 1 heterocycles. The van der Waals surface area contributed by atoms with Crippen molar-refractivity contribution in [1.82, 2.24) is 9.97 Å². The highest BCUT2D eigenvalue weighted by atomic mass is 19.3. The zero-order valence-corrected chi connectivity index (χ0v) is 10.5. The van der Waals surface area contributed by atoms with Crippen LogP contribution < -0.4 is 9.47 Å². The van der Waals surface area contributed by atoms with Crippen LogP contribution in [-0.4, -0.2) is 23.7 Å². The van der Waals surface area contributed by atoms with Crippen LogP contribution in [0.25, 0.3) is 0 Å². The van der Waals surface area contributed by atoms with Gasteiger partial charge in [0.05, 0.1) is 12.8 Å². The highest BCUT2D eigenvalue weighted by Gasteiger charge is 2.11. The zero-order chi connectivity index (χ0) is 14.5. The number of hydrogen-bond donors (Lipinski definition) is 0. The van der Waals surface area contributed by atoms with Crippen LogP contribution in [0.2, 0.25) is 0 Å². The van der Waals surface area contributed by atoms with Crippen LogP contribution in [0.3, 0.4) is 0 Å². The van der Waals surface area contributed by atoms with Gasteiger partial charge < -0.3 is 9.47 Å². The molecule has 0 atom stereocenters. The third kappa shape index (κ3) is 3.59. The molecule has 0 aliphatic heterocycles. The van der Waals surface area contributed by atoms with Gasteiger partial charge in [-0.2, -0.15) is 13.8 Å². The molecule has 0 aliphatic rings. The summed E-state index contributed by atoms with van der Waals surface area (Å²) in [6, 6.07) is 5.62. The van der Waals surface area contributed by atoms with E-state index in [1.54, 1.807) is 6.07 Å². The number of halogens is 3. The lowest BCUT2D eigenvalue weighted by Crippen LogP contribution is -2.04. The van der Waals surface area contributed by atoms with Crippen LogP contribution in [0.1, 0.15) is 11.3 Å². The Morgan fingerprint density at radius 1 is 1.25 bits per heavy atom. The maximum absolute atomic E-state index is 13.3. The summed E-state index contributed by atoms with van der Waals surface area (Å²) in [5.74, 6) is -1.33. The number of ether oxygens (including phenoxy) is 2. The van der Waals surface area contributed by atoms with Gasteiger partial charge in [-0.15, -0.1) is 0 Å². The number of benzene rings is 1. The van der Waals surface area contributed by atoms with Crippen molar-refractivity contribution in [1.29, 1.82) is 0 Å². The first-order valence-electron chi connectivity index (χ1n) is 5.67. The van der Waals surface area contributed by atoms with Gasteiger partial charge in [-0.25, -0.2) is 9.37 Å². The van der Waals surface area contributed by atoms with Crippen molar-refractivity contribution >= 4 is 0 Å². The topological polar surface area (TPSA) is 44.2 Å². The first kappa shape index (κ1) is 14.1. The van der Waals surface area contributed by atoms with Crippen molar-refractivity contribution in [3.8, 4) is 11.8 Å². The minimum Gasteiger partial charge on any atom is -0.467 e. The largest absolute Gasteiger partial charge is 0.467 e. The number of rotatable bonds is 5. The molecule has 2 aromatic rings. The van der Waals surface area contributed by atoms with Gasteiger partial charge in [0.2, 0.25) is 0 Å². The molecule has 0 saturated heterocycles. The van der Waals surface area contributed by atoms with Gasteiger partial charge in [0.1, 0.15) is 0 Å². The Kier molecular flexibility index (Phi) is 4.39. The van der Waals surface area contributed by atoms with Crippen LogP contribution in [0.15, 0.2) is 30.5 Å². The Balaban J connectivity index is 2.20. The summed E-state index contributed by atoms with van der Waals surface area (Å²) in [6.07, 6.45) is 1.83. The summed E-state index contributed by atoms with van der Waals surface area (Å²) >= 11 is 0. The fourth-order valence-electron chi connectivity index (χ4n) is 1.63. The van der Waals surface area contributed by atoms with Crippen molar-refractivity contribution < 1.29 is 22.6 Å². The van der Waals surface area contributed by atoms with E-state index in [2.05, 4.69) is 14.7 Å². The smallest absolute Gasteiger partial charge is 0.387 e. The predicted molar refractivity (Wildman–Crippen MR) is 64.4 cm³/mol. The Hall–Kier alpha value is -2.31.